The maximum atomic E-state index is 13.3. The van der Waals surface area contributed by atoms with Gasteiger partial charge >= 0.3 is 6.61 Å². The molecule has 0 spiro atoms. The molecule has 0 amide bonds. The summed E-state index contributed by atoms with van der Waals surface area (Å²) in [5.74, 6) is -0.371. The van der Waals surface area contributed by atoms with E-state index in [2.05, 4.69) is 10.1 Å². The van der Waals surface area contributed by atoms with Gasteiger partial charge in [0.1, 0.15) is 5.75 Å². The SMILES string of the molecule is Cc1cccc(NC(=S)C(=C([O-])c2ccc(OC(F)F)cc2)[n+]2ccccc2)c1C. The van der Waals surface area contributed by atoms with Crippen molar-refractivity contribution in [1.29, 1.82) is 0 Å². The van der Waals surface area contributed by atoms with Crippen molar-refractivity contribution in [3.8, 4) is 5.75 Å². The van der Waals surface area contributed by atoms with Crippen LogP contribution in [0.3, 0.4) is 0 Å². The smallest absolute Gasteiger partial charge is 0.387 e. The number of halogens is 2. The van der Waals surface area contributed by atoms with E-state index < -0.39 is 6.61 Å². The number of rotatable bonds is 6. The molecule has 0 aliphatic carbocycles. The van der Waals surface area contributed by atoms with Crippen LogP contribution in [0.4, 0.5) is 14.5 Å². The van der Waals surface area contributed by atoms with Crippen molar-refractivity contribution in [3.63, 3.8) is 0 Å². The van der Waals surface area contributed by atoms with E-state index >= 15 is 0 Å². The number of pyridine rings is 1. The summed E-state index contributed by atoms with van der Waals surface area (Å²) in [6, 6.07) is 16.7. The summed E-state index contributed by atoms with van der Waals surface area (Å²) in [4.78, 5) is 0.248. The number of thiocarbonyl (C=S) groups is 1. The first-order valence-corrected chi connectivity index (χ1v) is 9.58. The van der Waals surface area contributed by atoms with Crippen molar-refractivity contribution in [2.24, 2.45) is 0 Å². The van der Waals surface area contributed by atoms with E-state index in [0.29, 0.717) is 5.56 Å². The van der Waals surface area contributed by atoms with E-state index in [4.69, 9.17) is 12.2 Å². The van der Waals surface area contributed by atoms with Crippen LogP contribution >= 0.6 is 12.2 Å². The molecule has 7 heteroatoms. The Hall–Kier alpha value is -3.32. The maximum Gasteiger partial charge on any atom is 0.387 e. The van der Waals surface area contributed by atoms with Gasteiger partial charge in [-0.15, -0.1) is 0 Å². The molecule has 3 rings (SSSR count). The molecule has 1 aromatic heterocycles. The normalized spacial score (nSPS) is 11.8. The van der Waals surface area contributed by atoms with Gasteiger partial charge in [-0.3, -0.25) is 0 Å². The summed E-state index contributed by atoms with van der Waals surface area (Å²) in [7, 11) is 0. The Morgan fingerprint density at radius 2 is 1.67 bits per heavy atom. The molecule has 3 aromatic rings. The van der Waals surface area contributed by atoms with Crippen LogP contribution in [0.15, 0.2) is 73.1 Å². The Bertz CT molecular complexity index is 1070. The lowest BCUT2D eigenvalue weighted by Crippen LogP contribution is -2.39. The topological polar surface area (TPSA) is 48.2 Å². The number of hydrogen-bond donors (Lipinski definition) is 1. The summed E-state index contributed by atoms with van der Waals surface area (Å²) in [5, 5.41) is 16.5. The van der Waals surface area contributed by atoms with E-state index in [0.717, 1.165) is 16.8 Å². The molecule has 0 unspecified atom stereocenters. The zero-order chi connectivity index (χ0) is 21.7. The number of nitrogens with one attached hydrogen (secondary N) is 1. The average molecular weight is 426 g/mol. The van der Waals surface area contributed by atoms with Crippen LogP contribution in [-0.2, 0) is 0 Å². The van der Waals surface area contributed by atoms with Crippen LogP contribution in [0.1, 0.15) is 16.7 Å². The van der Waals surface area contributed by atoms with Gasteiger partial charge in [0.05, 0.1) is 0 Å². The number of nitrogens with zero attached hydrogens (tertiary/aromatic N) is 1. The van der Waals surface area contributed by atoms with E-state index in [1.807, 2.05) is 38.1 Å². The second kappa shape index (κ2) is 9.45. The van der Waals surface area contributed by atoms with E-state index in [1.165, 1.54) is 24.3 Å². The Labute approximate surface area is 179 Å². The van der Waals surface area contributed by atoms with Gasteiger partial charge in [-0.05, 0) is 54.5 Å². The number of hydrogen-bond acceptors (Lipinski definition) is 3. The van der Waals surface area contributed by atoms with Gasteiger partial charge in [-0.25, -0.2) is 0 Å². The number of benzene rings is 2. The number of ether oxygens (including phenoxy) is 1. The molecule has 1 heterocycles. The molecule has 0 fully saturated rings. The van der Waals surface area contributed by atoms with Gasteiger partial charge in [-0.2, -0.15) is 13.3 Å². The molecule has 0 saturated heterocycles. The third-order valence-electron chi connectivity index (χ3n) is 4.60. The number of alkyl halides is 2. The molecule has 0 saturated carbocycles. The highest BCUT2D eigenvalue weighted by Crippen LogP contribution is 2.23. The van der Waals surface area contributed by atoms with Crippen LogP contribution in [0.25, 0.3) is 11.5 Å². The first-order chi connectivity index (χ1) is 14.4. The first-order valence-electron chi connectivity index (χ1n) is 9.17. The zero-order valence-corrected chi connectivity index (χ0v) is 17.2. The fourth-order valence-electron chi connectivity index (χ4n) is 2.88. The molecule has 1 N–H and O–H groups in total. The monoisotopic (exact) mass is 426 g/mol. The van der Waals surface area contributed by atoms with Crippen LogP contribution in [-0.4, -0.2) is 11.6 Å². The standard InChI is InChI=1S/C23H20F2N2O2S/c1-15-7-6-8-19(16(15)2)26-22(30)20(27-13-4-3-5-14-27)21(28)17-9-11-18(12-10-17)29-23(24)25/h3-14,23H,1-2H3,(H-,26,28,30). The highest BCUT2D eigenvalue weighted by molar-refractivity contribution is 7.81. The molecular weight excluding hydrogens is 406 g/mol. The minimum Gasteiger partial charge on any atom is -0.867 e. The molecule has 0 radical (unpaired) electrons. The Morgan fingerprint density at radius 1 is 1.00 bits per heavy atom. The van der Waals surface area contributed by atoms with Crippen molar-refractivity contribution in [2.45, 2.75) is 20.5 Å². The van der Waals surface area contributed by atoms with Crippen molar-refractivity contribution < 1.29 is 23.2 Å². The van der Waals surface area contributed by atoms with Crippen molar-refractivity contribution in [2.75, 3.05) is 5.32 Å². The van der Waals surface area contributed by atoms with Crippen molar-refractivity contribution in [1.82, 2.24) is 0 Å². The third kappa shape index (κ3) is 4.99. The molecule has 4 nitrogen and oxygen atoms in total. The second-order valence-corrected chi connectivity index (χ2v) is 6.97. The Kier molecular flexibility index (Phi) is 6.74. The summed E-state index contributed by atoms with van der Waals surface area (Å²) in [5.41, 5.74) is 3.47. The molecule has 0 bridgehead atoms. The van der Waals surface area contributed by atoms with Crippen LogP contribution in [0.2, 0.25) is 0 Å². The van der Waals surface area contributed by atoms with E-state index in [9.17, 15) is 13.9 Å². The average Bonchev–Trinajstić information content (AvgIpc) is 2.72. The molecule has 0 aliphatic heterocycles. The Balaban J connectivity index is 2.02. The van der Waals surface area contributed by atoms with E-state index in [1.54, 1.807) is 29.1 Å². The first kappa shape index (κ1) is 21.4. The van der Waals surface area contributed by atoms with Gasteiger partial charge in [0, 0.05) is 17.8 Å². The predicted molar refractivity (Wildman–Crippen MR) is 115 cm³/mol. The van der Waals surface area contributed by atoms with Gasteiger partial charge in [0.25, 0.3) is 0 Å². The minimum atomic E-state index is -2.93. The number of aryl methyl sites for hydroxylation is 1. The quantitative estimate of drug-likeness (QED) is 0.276. The maximum absolute atomic E-state index is 13.3. The summed E-state index contributed by atoms with van der Waals surface area (Å²) < 4.78 is 30.7. The van der Waals surface area contributed by atoms with Gasteiger partial charge in [0.2, 0.25) is 5.70 Å². The van der Waals surface area contributed by atoms with Crippen LogP contribution in [0.5, 0.6) is 5.75 Å². The largest absolute Gasteiger partial charge is 0.867 e. The van der Waals surface area contributed by atoms with Gasteiger partial charge < -0.3 is 15.2 Å². The minimum absolute atomic E-state index is 0.0217. The molecule has 154 valence electrons. The summed E-state index contributed by atoms with van der Waals surface area (Å²) in [6.45, 7) is 1.04. The lowest BCUT2D eigenvalue weighted by Gasteiger charge is -2.18. The fraction of sp³-hybridized carbons (Fsp3) is 0.130. The lowest BCUT2D eigenvalue weighted by atomic mass is 10.1. The number of anilines is 1. The molecule has 30 heavy (non-hydrogen) atoms. The third-order valence-corrected chi connectivity index (χ3v) is 4.89. The molecule has 0 atom stereocenters. The highest BCUT2D eigenvalue weighted by atomic mass is 32.1. The van der Waals surface area contributed by atoms with Gasteiger partial charge in [-0.1, -0.05) is 42.5 Å². The van der Waals surface area contributed by atoms with E-state index in [-0.39, 0.29) is 22.2 Å². The molecule has 0 aliphatic rings. The summed E-state index contributed by atoms with van der Waals surface area (Å²) >= 11 is 5.59. The van der Waals surface area contributed by atoms with Crippen LogP contribution in [0, 0.1) is 13.8 Å². The summed E-state index contributed by atoms with van der Waals surface area (Å²) in [6.07, 6.45) is 3.44. The van der Waals surface area contributed by atoms with Crippen molar-refractivity contribution in [3.05, 3.63) is 89.7 Å². The zero-order valence-electron chi connectivity index (χ0n) is 16.4. The molecule has 2 aromatic carbocycles. The lowest BCUT2D eigenvalue weighted by molar-refractivity contribution is -0.577. The Morgan fingerprint density at radius 3 is 2.30 bits per heavy atom. The second-order valence-electron chi connectivity index (χ2n) is 6.56. The van der Waals surface area contributed by atoms with Crippen LogP contribution < -0.4 is 19.7 Å². The highest BCUT2D eigenvalue weighted by Gasteiger charge is 2.19. The number of aromatic nitrogens is 1. The molecular formula is C23H20F2N2O2S. The fourth-order valence-corrected chi connectivity index (χ4v) is 3.19. The predicted octanol–water partition coefficient (Wildman–Crippen LogP) is 4.32. The van der Waals surface area contributed by atoms with Gasteiger partial charge in [0.15, 0.2) is 17.4 Å². The van der Waals surface area contributed by atoms with Crippen molar-refractivity contribution >= 4 is 34.3 Å².